The van der Waals surface area contributed by atoms with Gasteiger partial charge in [0.25, 0.3) is 0 Å². The highest BCUT2D eigenvalue weighted by atomic mass is 79.9. The molecule has 0 atom stereocenters. The lowest BCUT2D eigenvalue weighted by Crippen LogP contribution is -2.22. The first-order valence-electron chi connectivity index (χ1n) is 6.80. The predicted molar refractivity (Wildman–Crippen MR) is 79.5 cm³/mol. The van der Waals surface area contributed by atoms with Crippen LogP contribution in [0.3, 0.4) is 0 Å². The minimum Gasteiger partial charge on any atom is -0.353 e. The molecule has 0 spiro atoms. The van der Waals surface area contributed by atoms with E-state index in [0.29, 0.717) is 5.95 Å². The summed E-state index contributed by atoms with van der Waals surface area (Å²) in [4.78, 5) is 6.99. The molecule has 1 aliphatic heterocycles. The van der Waals surface area contributed by atoms with E-state index in [4.69, 9.17) is 0 Å². The Morgan fingerprint density at radius 1 is 1.32 bits per heavy atom. The van der Waals surface area contributed by atoms with Crippen LogP contribution in [0.15, 0.2) is 22.8 Å². The number of likely N-dealkylation sites (tertiary alicyclic amines) is 1. The lowest BCUT2D eigenvalue weighted by molar-refractivity contribution is 0.337. The van der Waals surface area contributed by atoms with Crippen LogP contribution in [0.2, 0.25) is 0 Å². The first-order chi connectivity index (χ1) is 9.33. The van der Waals surface area contributed by atoms with Crippen molar-refractivity contribution in [3.05, 3.63) is 22.8 Å². The van der Waals surface area contributed by atoms with E-state index < -0.39 is 0 Å². The van der Waals surface area contributed by atoms with Crippen molar-refractivity contribution in [3.63, 3.8) is 0 Å². The van der Waals surface area contributed by atoms with Gasteiger partial charge in [0.15, 0.2) is 5.65 Å². The zero-order valence-electron chi connectivity index (χ0n) is 10.8. The minimum atomic E-state index is 0.702. The van der Waals surface area contributed by atoms with Gasteiger partial charge in [-0.25, -0.2) is 4.52 Å². The summed E-state index contributed by atoms with van der Waals surface area (Å²) in [5, 5.41) is 7.69. The van der Waals surface area contributed by atoms with E-state index in [9.17, 15) is 0 Å². The van der Waals surface area contributed by atoms with Crippen LogP contribution in [-0.4, -0.2) is 45.7 Å². The summed E-state index contributed by atoms with van der Waals surface area (Å²) in [7, 11) is 0. The van der Waals surface area contributed by atoms with Gasteiger partial charge in [0.1, 0.15) is 0 Å². The van der Waals surface area contributed by atoms with Gasteiger partial charge in [-0.15, -0.1) is 5.10 Å². The van der Waals surface area contributed by atoms with Crippen LogP contribution in [0, 0.1) is 0 Å². The molecular formula is C13H18BrN5. The van der Waals surface area contributed by atoms with Crippen molar-refractivity contribution in [1.82, 2.24) is 19.5 Å². The van der Waals surface area contributed by atoms with E-state index in [1.807, 2.05) is 18.3 Å². The van der Waals surface area contributed by atoms with E-state index in [-0.39, 0.29) is 0 Å². The number of aromatic nitrogens is 3. The average Bonchev–Trinajstić information content (AvgIpc) is 3.04. The number of fused-ring (bicyclic) bond motifs is 1. The van der Waals surface area contributed by atoms with Gasteiger partial charge in [0.2, 0.25) is 5.95 Å². The minimum absolute atomic E-state index is 0.702. The largest absolute Gasteiger partial charge is 0.353 e. The van der Waals surface area contributed by atoms with Crippen molar-refractivity contribution >= 4 is 27.5 Å². The second-order valence-electron chi connectivity index (χ2n) is 4.89. The Balaban J connectivity index is 1.52. The number of pyridine rings is 1. The Bertz CT molecular complexity index is 547. The maximum absolute atomic E-state index is 4.46. The third-order valence-corrected chi connectivity index (χ3v) is 4.07. The molecule has 3 rings (SSSR count). The highest BCUT2D eigenvalue weighted by molar-refractivity contribution is 9.10. The Morgan fingerprint density at radius 3 is 2.95 bits per heavy atom. The van der Waals surface area contributed by atoms with Crippen molar-refractivity contribution < 1.29 is 0 Å². The van der Waals surface area contributed by atoms with E-state index in [1.54, 1.807) is 4.52 Å². The fourth-order valence-electron chi connectivity index (χ4n) is 2.46. The van der Waals surface area contributed by atoms with Crippen LogP contribution in [0.4, 0.5) is 5.95 Å². The summed E-state index contributed by atoms with van der Waals surface area (Å²) >= 11 is 3.48. The van der Waals surface area contributed by atoms with Gasteiger partial charge < -0.3 is 10.2 Å². The summed E-state index contributed by atoms with van der Waals surface area (Å²) in [6.07, 6.45) is 5.75. The number of hydrogen-bond donors (Lipinski definition) is 1. The number of anilines is 1. The van der Waals surface area contributed by atoms with Gasteiger partial charge >= 0.3 is 0 Å². The van der Waals surface area contributed by atoms with Crippen molar-refractivity contribution in [2.75, 3.05) is 31.5 Å². The fraction of sp³-hybridized carbons (Fsp3) is 0.538. The molecule has 1 saturated heterocycles. The molecule has 3 heterocycles. The molecule has 0 bridgehead atoms. The van der Waals surface area contributed by atoms with Crippen LogP contribution >= 0.6 is 15.9 Å². The molecular weight excluding hydrogens is 306 g/mol. The van der Waals surface area contributed by atoms with Crippen molar-refractivity contribution in [3.8, 4) is 0 Å². The first-order valence-corrected chi connectivity index (χ1v) is 7.59. The fourth-order valence-corrected chi connectivity index (χ4v) is 2.88. The Morgan fingerprint density at radius 2 is 2.16 bits per heavy atom. The lowest BCUT2D eigenvalue weighted by atomic mass is 10.4. The van der Waals surface area contributed by atoms with Crippen molar-refractivity contribution in [2.45, 2.75) is 19.3 Å². The molecule has 0 aliphatic carbocycles. The quantitative estimate of drug-likeness (QED) is 0.858. The summed E-state index contributed by atoms with van der Waals surface area (Å²) in [6, 6.07) is 3.92. The summed E-state index contributed by atoms with van der Waals surface area (Å²) in [6.45, 7) is 4.62. The van der Waals surface area contributed by atoms with Gasteiger partial charge in [-0.05, 0) is 67.0 Å². The van der Waals surface area contributed by atoms with Crippen molar-refractivity contribution in [1.29, 1.82) is 0 Å². The molecule has 1 aliphatic rings. The highest BCUT2D eigenvalue weighted by Gasteiger charge is 2.10. The van der Waals surface area contributed by atoms with Crippen molar-refractivity contribution in [2.24, 2.45) is 0 Å². The van der Waals surface area contributed by atoms with Crippen LogP contribution in [0.25, 0.3) is 5.65 Å². The van der Waals surface area contributed by atoms with Gasteiger partial charge in [0.05, 0.1) is 4.47 Å². The van der Waals surface area contributed by atoms with E-state index >= 15 is 0 Å². The second kappa shape index (κ2) is 5.88. The molecule has 0 aromatic carbocycles. The van der Waals surface area contributed by atoms with Gasteiger partial charge in [-0.1, -0.05) is 0 Å². The third-order valence-electron chi connectivity index (χ3n) is 3.45. The molecule has 0 radical (unpaired) electrons. The molecule has 0 unspecified atom stereocenters. The number of nitrogens with zero attached hydrogens (tertiary/aromatic N) is 4. The molecule has 102 valence electrons. The second-order valence-corrected chi connectivity index (χ2v) is 5.74. The zero-order chi connectivity index (χ0) is 13.1. The zero-order valence-corrected chi connectivity index (χ0v) is 12.4. The lowest BCUT2D eigenvalue weighted by Gasteiger charge is -2.13. The molecule has 1 N–H and O–H groups in total. The molecule has 1 fully saturated rings. The molecule has 2 aromatic heterocycles. The number of hydrogen-bond acceptors (Lipinski definition) is 4. The molecule has 2 aromatic rings. The van der Waals surface area contributed by atoms with Gasteiger partial charge in [-0.2, -0.15) is 4.98 Å². The molecule has 6 heteroatoms. The Labute approximate surface area is 121 Å². The van der Waals surface area contributed by atoms with Crippen LogP contribution < -0.4 is 5.32 Å². The Kier molecular flexibility index (Phi) is 3.98. The van der Waals surface area contributed by atoms with Gasteiger partial charge in [0, 0.05) is 12.7 Å². The average molecular weight is 324 g/mol. The maximum atomic E-state index is 4.46. The molecule has 5 nitrogen and oxygen atoms in total. The van der Waals surface area contributed by atoms with Crippen LogP contribution in [0.1, 0.15) is 19.3 Å². The number of rotatable bonds is 5. The highest BCUT2D eigenvalue weighted by Crippen LogP contribution is 2.16. The number of halogens is 1. The number of nitrogens with one attached hydrogen (secondary N) is 1. The predicted octanol–water partition coefficient (Wildman–Crippen LogP) is 2.39. The topological polar surface area (TPSA) is 45.5 Å². The summed E-state index contributed by atoms with van der Waals surface area (Å²) in [5.41, 5.74) is 0.851. The standard InChI is InChI=1S/C13H18BrN5/c14-11-5-3-10-19-12(11)16-13(17-19)15-6-4-9-18-7-1-2-8-18/h3,5,10H,1-2,4,6-9H2,(H,15,17). The molecule has 0 saturated carbocycles. The maximum Gasteiger partial charge on any atom is 0.243 e. The van der Waals surface area contributed by atoms with E-state index in [2.05, 4.69) is 36.2 Å². The molecule has 19 heavy (non-hydrogen) atoms. The first kappa shape index (κ1) is 12.9. The third kappa shape index (κ3) is 3.06. The molecule has 0 amide bonds. The van der Waals surface area contributed by atoms with E-state index in [0.717, 1.165) is 23.1 Å². The summed E-state index contributed by atoms with van der Waals surface area (Å²) in [5.74, 6) is 0.702. The normalized spacial score (nSPS) is 16.3. The van der Waals surface area contributed by atoms with E-state index in [1.165, 1.54) is 32.5 Å². The van der Waals surface area contributed by atoms with Crippen LogP contribution in [-0.2, 0) is 0 Å². The Hall–Kier alpha value is -1.14. The smallest absolute Gasteiger partial charge is 0.243 e. The monoisotopic (exact) mass is 323 g/mol. The SMILES string of the molecule is Brc1cccn2nc(NCCCN3CCCC3)nc12. The van der Waals surface area contributed by atoms with Crippen LogP contribution in [0.5, 0.6) is 0 Å². The van der Waals surface area contributed by atoms with Gasteiger partial charge in [-0.3, -0.25) is 0 Å². The summed E-state index contributed by atoms with van der Waals surface area (Å²) < 4.78 is 2.75.